The first kappa shape index (κ1) is 18.7. The first-order valence-corrected chi connectivity index (χ1v) is 9.80. The summed E-state index contributed by atoms with van der Waals surface area (Å²) in [5.74, 6) is 0.182. The second-order valence-corrected chi connectivity index (χ2v) is 7.64. The molecule has 26 heavy (non-hydrogen) atoms. The summed E-state index contributed by atoms with van der Waals surface area (Å²) in [4.78, 5) is 33.1. The van der Waals surface area contributed by atoms with E-state index in [4.69, 9.17) is 11.6 Å². The van der Waals surface area contributed by atoms with Crippen LogP contribution in [0.1, 0.15) is 42.4 Å². The minimum absolute atomic E-state index is 0.00357. The Morgan fingerprint density at radius 1 is 1.35 bits per heavy atom. The second kappa shape index (κ2) is 7.68. The molecule has 0 aliphatic heterocycles. The summed E-state index contributed by atoms with van der Waals surface area (Å²) < 4.78 is 1.68. The van der Waals surface area contributed by atoms with E-state index in [0.29, 0.717) is 26.8 Å². The molecule has 0 bridgehead atoms. The molecule has 1 N–H and O–H groups in total. The largest absolute Gasteiger partial charge is 0.353 e. The summed E-state index contributed by atoms with van der Waals surface area (Å²) in [6.45, 7) is 5.90. The fourth-order valence-electron chi connectivity index (χ4n) is 2.71. The highest BCUT2D eigenvalue weighted by molar-refractivity contribution is 7.99. The zero-order chi connectivity index (χ0) is 18.8. The second-order valence-electron chi connectivity index (χ2n) is 6.26. The van der Waals surface area contributed by atoms with Gasteiger partial charge in [0.05, 0.1) is 11.3 Å². The van der Waals surface area contributed by atoms with Crippen LogP contribution >= 0.6 is 23.4 Å². The van der Waals surface area contributed by atoms with Crippen molar-refractivity contribution >= 4 is 40.2 Å². The fourth-order valence-corrected chi connectivity index (χ4v) is 3.83. The summed E-state index contributed by atoms with van der Waals surface area (Å²) in [6.07, 6.45) is 0.797. The fraction of sp³-hybridized carbons (Fsp3) is 0.316. The van der Waals surface area contributed by atoms with Gasteiger partial charge in [0.25, 0.3) is 5.56 Å². The number of benzene rings is 1. The van der Waals surface area contributed by atoms with E-state index in [1.807, 2.05) is 26.8 Å². The standard InChI is InChI=1S/C19H20ClN3O2S/c1-4-12(3)23-18(25)17-15(9-11(2)21-17)22-19(23)26-10-16(24)13-5-7-14(20)8-6-13/h5-9,12,21H,4,10H2,1-3H3. The van der Waals surface area contributed by atoms with Crippen LogP contribution in [0.4, 0.5) is 0 Å². The normalized spacial score (nSPS) is 12.5. The maximum atomic E-state index is 12.9. The van der Waals surface area contributed by atoms with Gasteiger partial charge in [-0.25, -0.2) is 4.98 Å². The van der Waals surface area contributed by atoms with Crippen molar-refractivity contribution in [1.82, 2.24) is 14.5 Å². The summed E-state index contributed by atoms with van der Waals surface area (Å²) in [6, 6.07) is 8.65. The highest BCUT2D eigenvalue weighted by Crippen LogP contribution is 2.23. The topological polar surface area (TPSA) is 67.8 Å². The van der Waals surface area contributed by atoms with Gasteiger partial charge in [-0.3, -0.25) is 14.2 Å². The lowest BCUT2D eigenvalue weighted by molar-refractivity contribution is 0.102. The maximum absolute atomic E-state index is 12.9. The Bertz CT molecular complexity index is 1010. The van der Waals surface area contributed by atoms with Gasteiger partial charge >= 0.3 is 0 Å². The lowest BCUT2D eigenvalue weighted by Crippen LogP contribution is -2.26. The Hall–Kier alpha value is -2.05. The molecule has 1 atom stereocenters. The SMILES string of the molecule is CCC(C)n1c(SCC(=O)c2ccc(Cl)cc2)nc2cc(C)[nH]c2c1=O. The van der Waals surface area contributed by atoms with Crippen molar-refractivity contribution in [3.05, 3.63) is 57.0 Å². The van der Waals surface area contributed by atoms with Crippen molar-refractivity contribution < 1.29 is 4.79 Å². The number of carbonyl (C=O) groups excluding carboxylic acids is 1. The van der Waals surface area contributed by atoms with E-state index in [9.17, 15) is 9.59 Å². The van der Waals surface area contributed by atoms with Crippen LogP contribution in [0.15, 0.2) is 40.3 Å². The molecule has 0 spiro atoms. The Morgan fingerprint density at radius 3 is 2.69 bits per heavy atom. The molecule has 136 valence electrons. The number of aromatic nitrogens is 3. The zero-order valence-electron chi connectivity index (χ0n) is 14.9. The Labute approximate surface area is 160 Å². The smallest absolute Gasteiger partial charge is 0.278 e. The number of hydrogen-bond acceptors (Lipinski definition) is 4. The summed E-state index contributed by atoms with van der Waals surface area (Å²) in [5.41, 5.74) is 2.53. The first-order valence-electron chi connectivity index (χ1n) is 8.44. The van der Waals surface area contributed by atoms with E-state index in [1.54, 1.807) is 28.8 Å². The predicted molar refractivity (Wildman–Crippen MR) is 107 cm³/mol. The number of ketones is 1. The van der Waals surface area contributed by atoms with E-state index in [0.717, 1.165) is 12.1 Å². The van der Waals surface area contributed by atoms with Crippen molar-refractivity contribution in [3.8, 4) is 0 Å². The third-order valence-electron chi connectivity index (χ3n) is 4.32. The number of thioether (sulfide) groups is 1. The Kier molecular flexibility index (Phi) is 5.53. The van der Waals surface area contributed by atoms with Gasteiger partial charge in [0.1, 0.15) is 5.52 Å². The van der Waals surface area contributed by atoms with Gasteiger partial charge < -0.3 is 4.98 Å². The average Bonchev–Trinajstić information content (AvgIpc) is 3.00. The van der Waals surface area contributed by atoms with Crippen molar-refractivity contribution in [2.24, 2.45) is 0 Å². The number of carbonyl (C=O) groups is 1. The van der Waals surface area contributed by atoms with Crippen LogP contribution in [0.25, 0.3) is 11.0 Å². The van der Waals surface area contributed by atoms with Crippen molar-refractivity contribution in [2.45, 2.75) is 38.4 Å². The molecule has 0 radical (unpaired) electrons. The number of Topliss-reactive ketones (excluding diaryl/α,β-unsaturated/α-hetero) is 1. The molecule has 3 rings (SSSR count). The van der Waals surface area contributed by atoms with Gasteiger partial charge in [-0.15, -0.1) is 0 Å². The van der Waals surface area contributed by atoms with Crippen LogP contribution in [-0.4, -0.2) is 26.1 Å². The zero-order valence-corrected chi connectivity index (χ0v) is 16.4. The van der Waals surface area contributed by atoms with Gasteiger partial charge in [0.15, 0.2) is 10.9 Å². The number of fused-ring (bicyclic) bond motifs is 1. The summed E-state index contributed by atoms with van der Waals surface area (Å²) in [7, 11) is 0. The lowest BCUT2D eigenvalue weighted by atomic mass is 10.1. The van der Waals surface area contributed by atoms with E-state index >= 15 is 0 Å². The van der Waals surface area contributed by atoms with E-state index in [1.165, 1.54) is 11.8 Å². The monoisotopic (exact) mass is 389 g/mol. The number of hydrogen-bond donors (Lipinski definition) is 1. The minimum Gasteiger partial charge on any atom is -0.353 e. The Morgan fingerprint density at radius 2 is 2.04 bits per heavy atom. The third-order valence-corrected chi connectivity index (χ3v) is 5.52. The number of H-pyrrole nitrogens is 1. The molecule has 0 saturated heterocycles. The van der Waals surface area contributed by atoms with E-state index < -0.39 is 0 Å². The number of aryl methyl sites for hydroxylation is 1. The van der Waals surface area contributed by atoms with Crippen molar-refractivity contribution in [2.75, 3.05) is 5.75 Å². The van der Waals surface area contributed by atoms with Crippen LogP contribution in [0.5, 0.6) is 0 Å². The van der Waals surface area contributed by atoms with Gasteiger partial charge in [-0.2, -0.15) is 0 Å². The highest BCUT2D eigenvalue weighted by Gasteiger charge is 2.18. The van der Waals surface area contributed by atoms with Crippen LogP contribution < -0.4 is 5.56 Å². The minimum atomic E-state index is -0.0982. The number of halogens is 1. The molecule has 0 fully saturated rings. The molecular formula is C19H20ClN3O2S. The Balaban J connectivity index is 1.94. The predicted octanol–water partition coefficient (Wildman–Crippen LogP) is 4.63. The van der Waals surface area contributed by atoms with Gasteiger partial charge in [0, 0.05) is 22.3 Å². The number of nitrogens with zero attached hydrogens (tertiary/aromatic N) is 2. The van der Waals surface area contributed by atoms with E-state index in [-0.39, 0.29) is 23.1 Å². The highest BCUT2D eigenvalue weighted by atomic mass is 35.5. The van der Waals surface area contributed by atoms with Crippen LogP contribution in [-0.2, 0) is 0 Å². The molecule has 1 unspecified atom stereocenters. The lowest BCUT2D eigenvalue weighted by Gasteiger charge is -2.17. The number of aromatic amines is 1. The quantitative estimate of drug-likeness (QED) is 0.379. The van der Waals surface area contributed by atoms with Gasteiger partial charge in [-0.1, -0.05) is 30.3 Å². The molecule has 3 aromatic rings. The molecule has 7 heteroatoms. The molecule has 0 aliphatic carbocycles. The van der Waals surface area contributed by atoms with Crippen LogP contribution in [0, 0.1) is 6.92 Å². The molecule has 1 aromatic carbocycles. The van der Waals surface area contributed by atoms with Crippen molar-refractivity contribution in [1.29, 1.82) is 0 Å². The molecular weight excluding hydrogens is 370 g/mol. The average molecular weight is 390 g/mol. The van der Waals surface area contributed by atoms with Gasteiger partial charge in [-0.05, 0) is 50.6 Å². The molecule has 5 nitrogen and oxygen atoms in total. The van der Waals surface area contributed by atoms with Crippen LogP contribution in [0.2, 0.25) is 5.02 Å². The number of nitrogens with one attached hydrogen (secondary N) is 1. The third kappa shape index (κ3) is 3.71. The molecule has 0 aliphatic rings. The summed E-state index contributed by atoms with van der Waals surface area (Å²) >= 11 is 7.16. The first-order chi connectivity index (χ1) is 12.4. The molecule has 2 aromatic heterocycles. The molecule has 0 amide bonds. The number of rotatable bonds is 6. The van der Waals surface area contributed by atoms with Gasteiger partial charge in [0.2, 0.25) is 0 Å². The van der Waals surface area contributed by atoms with Crippen LogP contribution in [0.3, 0.4) is 0 Å². The molecule has 0 saturated carbocycles. The van der Waals surface area contributed by atoms with E-state index in [2.05, 4.69) is 9.97 Å². The maximum Gasteiger partial charge on any atom is 0.278 e. The van der Waals surface area contributed by atoms with Crippen molar-refractivity contribution in [3.63, 3.8) is 0 Å². The molecule has 2 heterocycles. The summed E-state index contributed by atoms with van der Waals surface area (Å²) in [5, 5.41) is 1.16.